The van der Waals surface area contributed by atoms with Crippen LogP contribution in [0.15, 0.2) is 11.2 Å². The fourth-order valence-electron chi connectivity index (χ4n) is 1.56. The van der Waals surface area contributed by atoms with Crippen molar-refractivity contribution in [3.05, 3.63) is 21.3 Å². The van der Waals surface area contributed by atoms with E-state index in [-0.39, 0.29) is 0 Å². The van der Waals surface area contributed by atoms with E-state index in [2.05, 4.69) is 5.32 Å². The Morgan fingerprint density at radius 3 is 3.00 bits per heavy atom. The average molecular weight is 232 g/mol. The zero-order valence-electron chi connectivity index (χ0n) is 8.93. The highest BCUT2D eigenvalue weighted by atomic mass is 32.2. The van der Waals surface area contributed by atoms with Crippen LogP contribution in [0.4, 0.5) is 0 Å². The van der Waals surface area contributed by atoms with Crippen LogP contribution in [-0.2, 0) is 4.74 Å². The van der Waals surface area contributed by atoms with E-state index >= 15 is 0 Å². The molecule has 1 rings (SSSR count). The van der Waals surface area contributed by atoms with E-state index in [1.807, 2.05) is 13.2 Å². The molecular weight excluding hydrogens is 216 g/mol. The standard InChI is InChI=1S/C9H16N2O3S/c1-7-3-8(6-14-7)4-10-9(15-2)5-11(12)13/h5,7-8,10H,3-4,6H2,1-2H3. The van der Waals surface area contributed by atoms with Gasteiger partial charge < -0.3 is 10.1 Å². The van der Waals surface area contributed by atoms with Crippen molar-refractivity contribution in [3.8, 4) is 0 Å². The van der Waals surface area contributed by atoms with Gasteiger partial charge in [0.1, 0.15) is 5.03 Å². The number of nitrogens with one attached hydrogen (secondary N) is 1. The Morgan fingerprint density at radius 1 is 1.80 bits per heavy atom. The van der Waals surface area contributed by atoms with Gasteiger partial charge in [-0.15, -0.1) is 11.8 Å². The molecule has 1 saturated heterocycles. The molecule has 1 aliphatic heterocycles. The lowest BCUT2D eigenvalue weighted by Crippen LogP contribution is -2.22. The summed E-state index contributed by atoms with van der Waals surface area (Å²) >= 11 is 1.35. The maximum atomic E-state index is 10.3. The molecule has 0 amide bonds. The van der Waals surface area contributed by atoms with E-state index in [0.717, 1.165) is 25.8 Å². The number of rotatable bonds is 5. The van der Waals surface area contributed by atoms with Crippen LogP contribution in [0, 0.1) is 16.0 Å². The molecule has 5 nitrogen and oxygen atoms in total. The van der Waals surface area contributed by atoms with E-state index in [9.17, 15) is 10.1 Å². The molecule has 86 valence electrons. The topological polar surface area (TPSA) is 64.4 Å². The van der Waals surface area contributed by atoms with Gasteiger partial charge in [0.05, 0.1) is 17.6 Å². The zero-order valence-corrected chi connectivity index (χ0v) is 9.75. The van der Waals surface area contributed by atoms with Crippen molar-refractivity contribution in [3.63, 3.8) is 0 Å². The first kappa shape index (κ1) is 12.3. The SMILES string of the molecule is CSC(=C[N+](=O)[O-])NCC1COC(C)C1. The number of nitro groups is 1. The number of hydrogen-bond donors (Lipinski definition) is 1. The lowest BCUT2D eigenvalue weighted by Gasteiger charge is -2.10. The van der Waals surface area contributed by atoms with Crippen LogP contribution in [0.3, 0.4) is 0 Å². The maximum absolute atomic E-state index is 10.3. The van der Waals surface area contributed by atoms with Gasteiger partial charge >= 0.3 is 0 Å². The molecular formula is C9H16N2O3S. The molecule has 0 aromatic rings. The van der Waals surface area contributed by atoms with Gasteiger partial charge in [0.15, 0.2) is 0 Å². The summed E-state index contributed by atoms with van der Waals surface area (Å²) in [4.78, 5) is 9.83. The third-order valence-corrected chi connectivity index (χ3v) is 2.98. The Balaban J connectivity index is 2.31. The maximum Gasteiger partial charge on any atom is 0.263 e. The Labute approximate surface area is 93.4 Å². The first-order valence-electron chi connectivity index (χ1n) is 4.86. The van der Waals surface area contributed by atoms with E-state index < -0.39 is 4.92 Å². The van der Waals surface area contributed by atoms with Crippen LogP contribution in [0.5, 0.6) is 0 Å². The summed E-state index contributed by atoms with van der Waals surface area (Å²) in [7, 11) is 0. The molecule has 0 aromatic heterocycles. The van der Waals surface area contributed by atoms with Crippen molar-refractivity contribution in [1.29, 1.82) is 0 Å². The second kappa shape index (κ2) is 5.97. The van der Waals surface area contributed by atoms with Gasteiger partial charge in [0.2, 0.25) is 0 Å². The molecule has 1 heterocycles. The minimum Gasteiger partial charge on any atom is -0.378 e. The Kier molecular flexibility index (Phi) is 4.90. The summed E-state index contributed by atoms with van der Waals surface area (Å²) in [5.41, 5.74) is 0. The molecule has 1 aliphatic rings. The van der Waals surface area contributed by atoms with Gasteiger partial charge in [-0.05, 0) is 19.6 Å². The quantitative estimate of drug-likeness (QED) is 0.574. The highest BCUT2D eigenvalue weighted by molar-refractivity contribution is 8.02. The monoisotopic (exact) mass is 232 g/mol. The van der Waals surface area contributed by atoms with Gasteiger partial charge in [0.25, 0.3) is 6.20 Å². The highest BCUT2D eigenvalue weighted by Crippen LogP contribution is 2.19. The van der Waals surface area contributed by atoms with Crippen LogP contribution in [0.1, 0.15) is 13.3 Å². The van der Waals surface area contributed by atoms with Gasteiger partial charge in [-0.25, -0.2) is 0 Å². The van der Waals surface area contributed by atoms with Crippen LogP contribution in [0.2, 0.25) is 0 Å². The third kappa shape index (κ3) is 4.53. The minimum absolute atomic E-state index is 0.314. The fourth-order valence-corrected chi connectivity index (χ4v) is 1.98. The Hall–Kier alpha value is -0.750. The lowest BCUT2D eigenvalue weighted by molar-refractivity contribution is -0.403. The molecule has 2 unspecified atom stereocenters. The molecule has 2 atom stereocenters. The summed E-state index contributed by atoms with van der Waals surface area (Å²) in [6.07, 6.45) is 4.15. The summed E-state index contributed by atoms with van der Waals surface area (Å²) < 4.78 is 5.41. The normalized spacial score (nSPS) is 26.7. The van der Waals surface area contributed by atoms with Gasteiger partial charge in [-0.1, -0.05) is 0 Å². The van der Waals surface area contributed by atoms with Crippen molar-refractivity contribution in [2.45, 2.75) is 19.4 Å². The van der Waals surface area contributed by atoms with Crippen LogP contribution in [0.25, 0.3) is 0 Å². The Bertz CT molecular complexity index is 258. The molecule has 15 heavy (non-hydrogen) atoms. The van der Waals surface area contributed by atoms with E-state index in [1.54, 1.807) is 0 Å². The van der Waals surface area contributed by atoms with Gasteiger partial charge in [-0.3, -0.25) is 10.1 Å². The number of thioether (sulfide) groups is 1. The molecule has 0 spiro atoms. The third-order valence-electron chi connectivity index (χ3n) is 2.29. The molecule has 0 bridgehead atoms. The predicted octanol–water partition coefficient (Wildman–Crippen LogP) is 1.44. The first-order chi connectivity index (χ1) is 7.11. The van der Waals surface area contributed by atoms with Crippen molar-refractivity contribution in [2.24, 2.45) is 5.92 Å². The molecule has 1 N–H and O–H groups in total. The lowest BCUT2D eigenvalue weighted by atomic mass is 10.1. The number of nitrogens with zero attached hydrogens (tertiary/aromatic N) is 1. The minimum atomic E-state index is -0.438. The molecule has 0 aliphatic carbocycles. The van der Waals surface area contributed by atoms with Crippen LogP contribution < -0.4 is 5.32 Å². The molecule has 0 radical (unpaired) electrons. The summed E-state index contributed by atoms with van der Waals surface area (Å²) in [6.45, 7) is 3.53. The molecule has 0 aromatic carbocycles. The second-order valence-electron chi connectivity index (χ2n) is 3.61. The molecule has 0 saturated carbocycles. The van der Waals surface area contributed by atoms with Crippen molar-refractivity contribution in [2.75, 3.05) is 19.4 Å². The van der Waals surface area contributed by atoms with Gasteiger partial charge in [0, 0.05) is 12.5 Å². The van der Waals surface area contributed by atoms with Crippen molar-refractivity contribution in [1.82, 2.24) is 5.32 Å². The zero-order chi connectivity index (χ0) is 11.3. The largest absolute Gasteiger partial charge is 0.378 e. The van der Waals surface area contributed by atoms with E-state index in [0.29, 0.717) is 17.1 Å². The van der Waals surface area contributed by atoms with Crippen LogP contribution in [-0.4, -0.2) is 30.4 Å². The van der Waals surface area contributed by atoms with Gasteiger partial charge in [-0.2, -0.15) is 0 Å². The second-order valence-corrected chi connectivity index (χ2v) is 4.46. The average Bonchev–Trinajstić information content (AvgIpc) is 2.58. The summed E-state index contributed by atoms with van der Waals surface area (Å²) in [5, 5.41) is 13.9. The number of ether oxygens (including phenoxy) is 1. The predicted molar refractivity (Wildman–Crippen MR) is 60.1 cm³/mol. The van der Waals surface area contributed by atoms with E-state index in [1.165, 1.54) is 11.8 Å². The smallest absolute Gasteiger partial charge is 0.263 e. The molecule has 1 fully saturated rings. The molecule has 6 heteroatoms. The first-order valence-corrected chi connectivity index (χ1v) is 6.09. The van der Waals surface area contributed by atoms with Crippen molar-refractivity contribution < 1.29 is 9.66 Å². The Morgan fingerprint density at radius 2 is 2.53 bits per heavy atom. The summed E-state index contributed by atoms with van der Waals surface area (Å²) in [5.74, 6) is 0.460. The number of hydrogen-bond acceptors (Lipinski definition) is 5. The van der Waals surface area contributed by atoms with Crippen molar-refractivity contribution >= 4 is 11.8 Å². The fraction of sp³-hybridized carbons (Fsp3) is 0.778. The van der Waals surface area contributed by atoms with E-state index in [4.69, 9.17) is 4.74 Å². The van der Waals surface area contributed by atoms with Crippen LogP contribution >= 0.6 is 11.8 Å². The highest BCUT2D eigenvalue weighted by Gasteiger charge is 2.21. The summed E-state index contributed by atoms with van der Waals surface area (Å²) in [6, 6.07) is 0.